The number of hydrogen-bond acceptors (Lipinski definition) is 7. The molecule has 1 amide bonds. The van der Waals surface area contributed by atoms with E-state index in [2.05, 4.69) is 15.3 Å². The Morgan fingerprint density at radius 3 is 2.46 bits per heavy atom. The molecule has 2 aromatic heterocycles. The number of sulfonamides is 1. The second-order valence-corrected chi connectivity index (χ2v) is 12.1. The minimum atomic E-state index is -3.55. The summed E-state index contributed by atoms with van der Waals surface area (Å²) in [6.07, 6.45) is 0.505. The number of hydrogen-bond donors (Lipinski definition) is 2. The van der Waals surface area contributed by atoms with Crippen molar-refractivity contribution in [2.24, 2.45) is 0 Å². The normalized spacial score (nSPS) is 12.7. The van der Waals surface area contributed by atoms with Gasteiger partial charge in [-0.3, -0.25) is 9.59 Å². The fraction of sp³-hybridized carbons (Fsp3) is 0.208. The topological polar surface area (TPSA) is 112 Å². The maximum atomic E-state index is 12.9. The average molecular weight is 529 g/mol. The molecule has 0 aliphatic heterocycles. The van der Waals surface area contributed by atoms with Crippen molar-refractivity contribution in [1.82, 2.24) is 14.3 Å². The van der Waals surface area contributed by atoms with Crippen LogP contribution in [0.25, 0.3) is 21.3 Å². The summed E-state index contributed by atoms with van der Waals surface area (Å²) in [6.45, 7) is 1.87. The summed E-state index contributed by atoms with van der Waals surface area (Å²) in [4.78, 5) is 34.0. The van der Waals surface area contributed by atoms with Crippen molar-refractivity contribution in [3.05, 3.63) is 70.3 Å². The van der Waals surface area contributed by atoms with E-state index in [4.69, 9.17) is 0 Å². The molecule has 0 fully saturated rings. The van der Waals surface area contributed by atoms with E-state index in [0.29, 0.717) is 27.5 Å². The number of thioether (sulfide) groups is 1. The van der Waals surface area contributed by atoms with Crippen LogP contribution in [0.3, 0.4) is 0 Å². The number of aromatic amines is 1. The van der Waals surface area contributed by atoms with Crippen molar-refractivity contribution in [3.63, 3.8) is 0 Å². The molecule has 8 nitrogen and oxygen atoms in total. The van der Waals surface area contributed by atoms with E-state index < -0.39 is 15.3 Å². The second kappa shape index (κ2) is 10.3. The highest BCUT2D eigenvalue weighted by atomic mass is 32.2. The van der Waals surface area contributed by atoms with Crippen LogP contribution in [0.5, 0.6) is 0 Å². The molecule has 2 N–H and O–H groups in total. The molecule has 0 aliphatic rings. The predicted molar refractivity (Wildman–Crippen MR) is 142 cm³/mol. The van der Waals surface area contributed by atoms with Crippen molar-refractivity contribution in [2.75, 3.05) is 19.4 Å². The summed E-state index contributed by atoms with van der Waals surface area (Å²) in [6, 6.07) is 15.7. The minimum Gasteiger partial charge on any atom is -0.325 e. The van der Waals surface area contributed by atoms with E-state index in [-0.39, 0.29) is 16.4 Å². The number of amides is 1. The molecule has 1 atom stereocenters. The van der Waals surface area contributed by atoms with Crippen LogP contribution in [0.1, 0.15) is 13.3 Å². The molecular weight excluding hydrogens is 504 g/mol. The van der Waals surface area contributed by atoms with Gasteiger partial charge in [-0.15, -0.1) is 11.3 Å². The molecule has 0 bridgehead atoms. The van der Waals surface area contributed by atoms with E-state index in [1.165, 1.54) is 49.3 Å². The molecule has 1 unspecified atom stereocenters. The van der Waals surface area contributed by atoms with E-state index >= 15 is 0 Å². The molecular formula is C24H24N4O4S3. The zero-order valence-corrected chi connectivity index (χ0v) is 21.8. The van der Waals surface area contributed by atoms with E-state index in [1.54, 1.807) is 12.1 Å². The smallest absolute Gasteiger partial charge is 0.260 e. The summed E-state index contributed by atoms with van der Waals surface area (Å²) in [5, 5.41) is 5.14. The summed E-state index contributed by atoms with van der Waals surface area (Å²) in [5.41, 5.74) is 2.02. The van der Waals surface area contributed by atoms with Crippen LogP contribution in [0.4, 0.5) is 5.69 Å². The summed E-state index contributed by atoms with van der Waals surface area (Å²) < 4.78 is 25.6. The van der Waals surface area contributed by atoms with Crippen LogP contribution in [0.15, 0.2) is 74.8 Å². The number of benzene rings is 2. The fourth-order valence-corrected chi connectivity index (χ4v) is 6.22. The maximum absolute atomic E-state index is 12.9. The van der Waals surface area contributed by atoms with Crippen molar-refractivity contribution in [3.8, 4) is 11.1 Å². The molecule has 0 spiro atoms. The lowest BCUT2D eigenvalue weighted by Gasteiger charge is -2.15. The number of aromatic nitrogens is 2. The summed E-state index contributed by atoms with van der Waals surface area (Å²) >= 11 is 2.58. The number of nitrogens with one attached hydrogen (secondary N) is 2. The Labute approximate surface area is 211 Å². The zero-order chi connectivity index (χ0) is 25.2. The molecule has 11 heteroatoms. The minimum absolute atomic E-state index is 0.141. The van der Waals surface area contributed by atoms with Gasteiger partial charge in [0.25, 0.3) is 5.56 Å². The van der Waals surface area contributed by atoms with Gasteiger partial charge in [0, 0.05) is 30.7 Å². The maximum Gasteiger partial charge on any atom is 0.260 e. The average Bonchev–Trinajstić information content (AvgIpc) is 3.28. The van der Waals surface area contributed by atoms with Gasteiger partial charge < -0.3 is 10.3 Å². The first-order valence-electron chi connectivity index (χ1n) is 10.8. The zero-order valence-electron chi connectivity index (χ0n) is 19.3. The van der Waals surface area contributed by atoms with Crippen molar-refractivity contribution >= 4 is 54.9 Å². The molecule has 4 rings (SSSR count). The quantitative estimate of drug-likeness (QED) is 0.259. The lowest BCUT2D eigenvalue weighted by atomic mass is 10.1. The lowest BCUT2D eigenvalue weighted by molar-refractivity contribution is -0.115. The number of rotatable bonds is 8. The Bertz CT molecular complexity index is 1510. The molecule has 0 saturated carbocycles. The lowest BCUT2D eigenvalue weighted by Crippen LogP contribution is -2.25. The van der Waals surface area contributed by atoms with Gasteiger partial charge in [-0.05, 0) is 36.2 Å². The monoisotopic (exact) mass is 528 g/mol. The van der Waals surface area contributed by atoms with Crippen molar-refractivity contribution < 1.29 is 13.2 Å². The molecule has 0 aliphatic carbocycles. The van der Waals surface area contributed by atoms with Gasteiger partial charge in [0.05, 0.1) is 15.5 Å². The molecule has 4 aromatic rings. The molecule has 2 heterocycles. The van der Waals surface area contributed by atoms with Gasteiger partial charge in [0.1, 0.15) is 4.83 Å². The van der Waals surface area contributed by atoms with Crippen LogP contribution in [0.2, 0.25) is 0 Å². The van der Waals surface area contributed by atoms with Gasteiger partial charge in [0.15, 0.2) is 5.16 Å². The Balaban J connectivity index is 1.51. The largest absolute Gasteiger partial charge is 0.325 e. The highest BCUT2D eigenvalue weighted by Crippen LogP contribution is 2.32. The van der Waals surface area contributed by atoms with E-state index in [9.17, 15) is 18.0 Å². The number of thiophene rings is 1. The third-order valence-corrected chi connectivity index (χ3v) is 9.27. The second-order valence-electron chi connectivity index (χ2n) is 7.88. The van der Waals surface area contributed by atoms with Gasteiger partial charge in [-0.25, -0.2) is 17.7 Å². The van der Waals surface area contributed by atoms with Gasteiger partial charge in [0.2, 0.25) is 15.9 Å². The first-order chi connectivity index (χ1) is 16.7. The number of H-pyrrole nitrogens is 1. The van der Waals surface area contributed by atoms with Crippen LogP contribution >= 0.6 is 23.1 Å². The molecule has 0 saturated heterocycles. The fourth-order valence-electron chi connectivity index (χ4n) is 3.42. The Morgan fingerprint density at radius 1 is 1.14 bits per heavy atom. The Hall–Kier alpha value is -2.99. The van der Waals surface area contributed by atoms with Crippen molar-refractivity contribution in [1.29, 1.82) is 0 Å². The van der Waals surface area contributed by atoms with Crippen LogP contribution in [-0.2, 0) is 14.8 Å². The van der Waals surface area contributed by atoms with E-state index in [1.807, 2.05) is 42.6 Å². The van der Waals surface area contributed by atoms with E-state index in [0.717, 1.165) is 15.4 Å². The van der Waals surface area contributed by atoms with Crippen LogP contribution in [-0.4, -0.2) is 47.9 Å². The molecule has 35 heavy (non-hydrogen) atoms. The highest BCUT2D eigenvalue weighted by molar-refractivity contribution is 8.00. The molecule has 0 radical (unpaired) electrons. The SMILES string of the molecule is CCC(Sc1nc2scc(-c3ccccc3)c2c(=O)[nH]1)C(=O)Nc1ccc(S(=O)(=O)N(C)C)cc1. The number of fused-ring (bicyclic) bond motifs is 1. The first-order valence-corrected chi connectivity index (χ1v) is 14.0. The van der Waals surface area contributed by atoms with Gasteiger partial charge in [-0.2, -0.15) is 0 Å². The number of carbonyl (C=O) groups excluding carboxylic acids is 1. The predicted octanol–water partition coefficient (Wildman–Crippen LogP) is 4.41. The van der Waals surface area contributed by atoms with Crippen LogP contribution in [0, 0.1) is 0 Å². The molecule has 182 valence electrons. The highest BCUT2D eigenvalue weighted by Gasteiger charge is 2.22. The Morgan fingerprint density at radius 2 is 1.83 bits per heavy atom. The molecule has 2 aromatic carbocycles. The Kier molecular flexibility index (Phi) is 7.41. The summed E-state index contributed by atoms with van der Waals surface area (Å²) in [5.74, 6) is -0.264. The van der Waals surface area contributed by atoms with Crippen LogP contribution < -0.4 is 10.9 Å². The number of carbonyl (C=O) groups is 1. The first kappa shape index (κ1) is 25.1. The third-order valence-electron chi connectivity index (χ3n) is 5.32. The summed E-state index contributed by atoms with van der Waals surface area (Å²) in [7, 11) is -0.625. The number of anilines is 1. The third kappa shape index (κ3) is 5.32. The standard InChI is InChI=1S/C24H24N4O4S3/c1-4-19(21(29)25-16-10-12-17(13-11-16)35(31,32)28(2)3)34-24-26-22(30)20-18(14-33-23(20)27-24)15-8-6-5-7-9-15/h5-14,19H,4H2,1-3H3,(H,25,29)(H,26,27,30). The van der Waals surface area contributed by atoms with Gasteiger partial charge >= 0.3 is 0 Å². The van der Waals surface area contributed by atoms with Crippen molar-refractivity contribution in [2.45, 2.75) is 28.6 Å². The number of nitrogens with zero attached hydrogens (tertiary/aromatic N) is 2. The van der Waals surface area contributed by atoms with Gasteiger partial charge in [-0.1, -0.05) is 49.0 Å².